The van der Waals surface area contributed by atoms with Crippen LogP contribution in [0.25, 0.3) is 0 Å². The number of aromatic nitrogens is 1. The molecule has 1 spiro atoms. The van der Waals surface area contributed by atoms with Crippen molar-refractivity contribution in [1.29, 1.82) is 0 Å². The maximum atomic E-state index is 13.7. The van der Waals surface area contributed by atoms with E-state index in [9.17, 15) is 25.2 Å². The SMILES string of the molecule is COCCn1cc(C)c(C(=O)O[C@H]2C(C)=C[C@]34C(O)[C@@H](C=C(CO)[C@@H](O)[C@]23O)[C@H]2[C@@H](C[C@H]4C)C2(C)C)c1C. The summed E-state index contributed by atoms with van der Waals surface area (Å²) in [7, 11) is 1.62. The number of rotatable bonds is 6. The van der Waals surface area contributed by atoms with E-state index in [-0.39, 0.29) is 28.7 Å². The number of fused-ring (bicyclic) bond motifs is 3. The van der Waals surface area contributed by atoms with Crippen molar-refractivity contribution < 1.29 is 34.7 Å². The Labute approximate surface area is 225 Å². The van der Waals surface area contributed by atoms with Gasteiger partial charge >= 0.3 is 5.97 Å². The molecule has 1 aromatic heterocycles. The minimum Gasteiger partial charge on any atom is -0.451 e. The van der Waals surface area contributed by atoms with Gasteiger partial charge in [-0.3, -0.25) is 0 Å². The fourth-order valence-corrected chi connectivity index (χ4v) is 8.62. The summed E-state index contributed by atoms with van der Waals surface area (Å²) in [6.45, 7) is 12.5. The summed E-state index contributed by atoms with van der Waals surface area (Å²) in [4.78, 5) is 13.7. The predicted octanol–water partition coefficient (Wildman–Crippen LogP) is 2.54. The molecule has 2 bridgehead atoms. The third-order valence-electron chi connectivity index (χ3n) is 10.7. The van der Waals surface area contributed by atoms with E-state index in [1.54, 1.807) is 20.1 Å². The van der Waals surface area contributed by atoms with Gasteiger partial charge in [0.15, 0.2) is 6.10 Å². The highest BCUT2D eigenvalue weighted by atomic mass is 16.6. The summed E-state index contributed by atoms with van der Waals surface area (Å²) in [6.07, 6.45) is 2.55. The molecule has 0 aliphatic heterocycles. The van der Waals surface area contributed by atoms with Crippen LogP contribution in [0.3, 0.4) is 0 Å². The monoisotopic (exact) mass is 529 g/mol. The maximum absolute atomic E-state index is 13.7. The summed E-state index contributed by atoms with van der Waals surface area (Å²) in [5.74, 6) is -0.632. The lowest BCUT2D eigenvalue weighted by molar-refractivity contribution is -0.215. The lowest BCUT2D eigenvalue weighted by Gasteiger charge is -2.52. The number of carbonyl (C=O) groups excluding carboxylic acids is 1. The van der Waals surface area contributed by atoms with Gasteiger partial charge in [0, 0.05) is 31.5 Å². The molecule has 4 N–H and O–H groups in total. The predicted molar refractivity (Wildman–Crippen MR) is 141 cm³/mol. The summed E-state index contributed by atoms with van der Waals surface area (Å²) in [6, 6.07) is 0. The molecule has 0 saturated heterocycles. The molecule has 4 aliphatic rings. The molecule has 0 radical (unpaired) electrons. The smallest absolute Gasteiger partial charge is 0.340 e. The van der Waals surface area contributed by atoms with E-state index in [0.29, 0.717) is 30.2 Å². The van der Waals surface area contributed by atoms with Crippen LogP contribution in [0.15, 0.2) is 29.5 Å². The molecule has 1 heterocycles. The van der Waals surface area contributed by atoms with Gasteiger partial charge in [0.05, 0.1) is 30.3 Å². The number of hydrogen-bond acceptors (Lipinski definition) is 7. The molecule has 1 unspecified atom stereocenters. The van der Waals surface area contributed by atoms with Gasteiger partial charge in [-0.15, -0.1) is 0 Å². The van der Waals surface area contributed by atoms with Crippen LogP contribution in [0.1, 0.15) is 55.7 Å². The molecule has 5 rings (SSSR count). The number of nitrogens with zero attached hydrogens (tertiary/aromatic N) is 1. The zero-order valence-electron chi connectivity index (χ0n) is 23.6. The highest BCUT2D eigenvalue weighted by Crippen LogP contribution is 2.72. The van der Waals surface area contributed by atoms with Crippen LogP contribution in [0.5, 0.6) is 0 Å². The Bertz CT molecular complexity index is 1200. The first-order valence-electron chi connectivity index (χ1n) is 13.7. The number of aryl methyl sites for hydroxylation is 1. The van der Waals surface area contributed by atoms with Crippen LogP contribution >= 0.6 is 0 Å². The highest BCUT2D eigenvalue weighted by Gasteiger charge is 2.76. The molecule has 1 aromatic rings. The number of aliphatic hydroxyl groups is 4. The normalized spacial score (nSPS) is 40.9. The molecule has 8 nitrogen and oxygen atoms in total. The average Bonchev–Trinajstić information content (AvgIpc) is 3.19. The van der Waals surface area contributed by atoms with E-state index in [0.717, 1.165) is 17.7 Å². The first-order chi connectivity index (χ1) is 17.8. The Morgan fingerprint density at radius 3 is 2.53 bits per heavy atom. The van der Waals surface area contributed by atoms with Crippen LogP contribution in [-0.2, 0) is 16.0 Å². The van der Waals surface area contributed by atoms with Crippen molar-refractivity contribution in [3.63, 3.8) is 0 Å². The number of ether oxygens (including phenoxy) is 2. The van der Waals surface area contributed by atoms with Gasteiger partial charge in [0.2, 0.25) is 0 Å². The van der Waals surface area contributed by atoms with Gasteiger partial charge in [0.1, 0.15) is 11.7 Å². The quantitative estimate of drug-likeness (QED) is 0.330. The van der Waals surface area contributed by atoms with Crippen LogP contribution in [0, 0.1) is 48.3 Å². The highest BCUT2D eigenvalue weighted by molar-refractivity contribution is 5.93. The second-order valence-electron chi connectivity index (χ2n) is 12.8. The van der Waals surface area contributed by atoms with Crippen molar-refractivity contribution in [1.82, 2.24) is 4.57 Å². The fourth-order valence-electron chi connectivity index (χ4n) is 8.62. The van der Waals surface area contributed by atoms with Gasteiger partial charge < -0.3 is 34.5 Å². The standard InChI is InChI=1S/C30H43NO7/c1-15-12-29-17(3)10-21-23(28(21,5)6)20(25(29)34)11-19(14-32)24(33)30(29,36)26(15)38-27(35)22-16(2)13-31(18(22)4)8-9-37-7/h11-13,17,20-21,23-26,32-34,36H,8-10,14H2,1-7H3/t17-,20+,21-,23+,24-,25?,26+,29+,30+/m1/s1. The molecule has 4 aliphatic carbocycles. The summed E-state index contributed by atoms with van der Waals surface area (Å²) >= 11 is 0. The Morgan fingerprint density at radius 2 is 1.89 bits per heavy atom. The molecule has 2 saturated carbocycles. The lowest BCUT2D eigenvalue weighted by atomic mass is 9.58. The Balaban J connectivity index is 1.58. The first kappa shape index (κ1) is 27.6. The molecule has 9 atom stereocenters. The van der Waals surface area contributed by atoms with Gasteiger partial charge in [-0.1, -0.05) is 32.9 Å². The molecule has 0 aromatic carbocycles. The number of carbonyl (C=O) groups is 1. The minimum atomic E-state index is -2.05. The van der Waals surface area contributed by atoms with E-state index in [1.165, 1.54) is 0 Å². The van der Waals surface area contributed by atoms with E-state index < -0.39 is 41.9 Å². The molecule has 8 heteroatoms. The van der Waals surface area contributed by atoms with Crippen molar-refractivity contribution >= 4 is 5.97 Å². The number of hydrogen-bond donors (Lipinski definition) is 4. The van der Waals surface area contributed by atoms with Crippen LogP contribution in [-0.4, -0.2) is 75.2 Å². The van der Waals surface area contributed by atoms with Crippen molar-refractivity contribution in [3.8, 4) is 0 Å². The zero-order chi connectivity index (χ0) is 27.9. The van der Waals surface area contributed by atoms with Crippen LogP contribution in [0.4, 0.5) is 0 Å². The van der Waals surface area contributed by atoms with Gasteiger partial charge in [0.25, 0.3) is 0 Å². The van der Waals surface area contributed by atoms with Crippen molar-refractivity contribution in [2.24, 2.45) is 34.5 Å². The van der Waals surface area contributed by atoms with Crippen LogP contribution < -0.4 is 0 Å². The van der Waals surface area contributed by atoms with Gasteiger partial charge in [-0.25, -0.2) is 4.79 Å². The maximum Gasteiger partial charge on any atom is 0.340 e. The first-order valence-corrected chi connectivity index (χ1v) is 13.7. The average molecular weight is 530 g/mol. The summed E-state index contributed by atoms with van der Waals surface area (Å²) < 4.78 is 13.2. The molecule has 0 amide bonds. The zero-order valence-corrected chi connectivity index (χ0v) is 23.6. The van der Waals surface area contributed by atoms with E-state index in [1.807, 2.05) is 37.6 Å². The molecular weight excluding hydrogens is 486 g/mol. The number of methoxy groups -OCH3 is 1. The third-order valence-corrected chi connectivity index (χ3v) is 10.7. The lowest BCUT2D eigenvalue weighted by Crippen LogP contribution is -2.66. The van der Waals surface area contributed by atoms with Crippen molar-refractivity contribution in [2.75, 3.05) is 20.3 Å². The van der Waals surface area contributed by atoms with E-state index >= 15 is 0 Å². The second kappa shape index (κ2) is 9.03. The Hall–Kier alpha value is -1.97. The van der Waals surface area contributed by atoms with Crippen LogP contribution in [0.2, 0.25) is 0 Å². The fraction of sp³-hybridized carbons (Fsp3) is 0.700. The van der Waals surface area contributed by atoms with E-state index in [4.69, 9.17) is 9.47 Å². The van der Waals surface area contributed by atoms with Crippen molar-refractivity contribution in [2.45, 2.75) is 78.4 Å². The second-order valence-corrected chi connectivity index (χ2v) is 12.8. The van der Waals surface area contributed by atoms with E-state index in [2.05, 4.69) is 13.8 Å². The molecule has 2 fully saturated rings. The Morgan fingerprint density at radius 1 is 1.21 bits per heavy atom. The number of esters is 1. The molecule has 210 valence electrons. The van der Waals surface area contributed by atoms with Crippen molar-refractivity contribution in [3.05, 3.63) is 46.3 Å². The summed E-state index contributed by atoms with van der Waals surface area (Å²) in [5, 5.41) is 46.7. The topological polar surface area (TPSA) is 121 Å². The third kappa shape index (κ3) is 3.43. The number of aliphatic hydroxyl groups excluding tert-OH is 3. The largest absolute Gasteiger partial charge is 0.451 e. The van der Waals surface area contributed by atoms with Gasteiger partial charge in [-0.2, -0.15) is 0 Å². The summed E-state index contributed by atoms with van der Waals surface area (Å²) in [5.41, 5.74) is -0.548. The van der Waals surface area contributed by atoms with Gasteiger partial charge in [-0.05, 0) is 67.1 Å². The molecule has 38 heavy (non-hydrogen) atoms. The Kier molecular flexibility index (Phi) is 6.56. The molecular formula is C30H43NO7. The minimum absolute atomic E-state index is 0.0141.